The summed E-state index contributed by atoms with van der Waals surface area (Å²) >= 11 is 0. The second kappa shape index (κ2) is 5.47. The van der Waals surface area contributed by atoms with Gasteiger partial charge in [-0.1, -0.05) is 12.1 Å². The largest absolute Gasteiger partial charge is 0.465 e. The van der Waals surface area contributed by atoms with E-state index >= 15 is 0 Å². The Kier molecular flexibility index (Phi) is 3.77. The lowest BCUT2D eigenvalue weighted by molar-refractivity contribution is -0.156. The Bertz CT molecular complexity index is 630. The number of esters is 1. The number of carbonyl (C=O) groups excluding carboxylic acids is 2. The summed E-state index contributed by atoms with van der Waals surface area (Å²) in [7, 11) is 1.86. The molecular weight excluding hydrogens is 285 g/mol. The molecule has 0 saturated carbocycles. The minimum absolute atomic E-state index is 0.146. The number of Topliss-reactive ketones (excluding diaryl/α,β-unsaturated/α-hetero) is 1. The average molecular weight is 305 g/mol. The van der Waals surface area contributed by atoms with Crippen LogP contribution in [-0.4, -0.2) is 36.9 Å². The van der Waals surface area contributed by atoms with Crippen molar-refractivity contribution in [1.82, 2.24) is 4.90 Å². The van der Waals surface area contributed by atoms with Gasteiger partial charge >= 0.3 is 5.97 Å². The van der Waals surface area contributed by atoms with Crippen LogP contribution in [0.5, 0.6) is 0 Å². The lowest BCUT2D eigenvalue weighted by atomic mass is 9.77. The van der Waals surface area contributed by atoms with Gasteiger partial charge in [0.05, 0.1) is 12.1 Å². The summed E-state index contributed by atoms with van der Waals surface area (Å²) in [5.74, 6) is -1.63. The number of likely N-dealkylation sites (tertiary alicyclic amines) is 1. The summed E-state index contributed by atoms with van der Waals surface area (Å²) in [4.78, 5) is 26.4. The van der Waals surface area contributed by atoms with Crippen molar-refractivity contribution in [3.63, 3.8) is 0 Å². The minimum atomic E-state index is -0.758. The number of ether oxygens (including phenoxy) is 1. The van der Waals surface area contributed by atoms with Gasteiger partial charge in [0.1, 0.15) is 11.7 Å². The molecule has 1 aromatic carbocycles. The first-order valence-corrected chi connectivity index (χ1v) is 7.68. The van der Waals surface area contributed by atoms with Crippen molar-refractivity contribution in [2.45, 2.75) is 31.7 Å². The van der Waals surface area contributed by atoms with Crippen molar-refractivity contribution in [3.05, 3.63) is 35.1 Å². The Labute approximate surface area is 129 Å². The number of carbonyl (C=O) groups is 2. The van der Waals surface area contributed by atoms with Crippen LogP contribution in [-0.2, 0) is 26.3 Å². The van der Waals surface area contributed by atoms with Crippen LogP contribution < -0.4 is 0 Å². The number of hydrogen-bond donors (Lipinski definition) is 0. The fourth-order valence-corrected chi connectivity index (χ4v) is 3.87. The smallest absolute Gasteiger partial charge is 0.317 e. The molecule has 2 aliphatic rings. The highest BCUT2D eigenvalue weighted by molar-refractivity contribution is 6.00. The number of fused-ring (bicyclic) bond motifs is 2. The monoisotopic (exact) mass is 305 g/mol. The summed E-state index contributed by atoms with van der Waals surface area (Å²) in [5.41, 5.74) is 0.989. The topological polar surface area (TPSA) is 46.6 Å². The molecule has 0 radical (unpaired) electrons. The molecule has 1 heterocycles. The molecule has 22 heavy (non-hydrogen) atoms. The quantitative estimate of drug-likeness (QED) is 0.620. The summed E-state index contributed by atoms with van der Waals surface area (Å²) in [5, 5.41) is 0. The SMILES string of the molecule is CCOC(=O)C1CN(C)C2(CCc3cccc(F)c32)CC1=O. The van der Waals surface area contributed by atoms with Crippen LogP contribution >= 0.6 is 0 Å². The molecule has 0 N–H and O–H groups in total. The van der Waals surface area contributed by atoms with Gasteiger partial charge in [0.25, 0.3) is 0 Å². The fraction of sp³-hybridized carbons (Fsp3) is 0.529. The Balaban J connectivity index is 1.94. The lowest BCUT2D eigenvalue weighted by Crippen LogP contribution is -2.54. The fourth-order valence-electron chi connectivity index (χ4n) is 3.87. The predicted octanol–water partition coefficient (Wildman–Crippen LogP) is 2.05. The maximum atomic E-state index is 14.4. The number of piperidine rings is 1. The standard InChI is InChI=1S/C17H20FNO3/c1-3-22-16(21)12-10-19(2)17(9-14(12)20)8-7-11-5-4-6-13(18)15(11)17/h4-6,12H,3,7-10H2,1-2H3. The Morgan fingerprint density at radius 3 is 3.00 bits per heavy atom. The third-order valence-corrected chi connectivity index (χ3v) is 4.99. The van der Waals surface area contributed by atoms with E-state index in [1.165, 1.54) is 6.07 Å². The lowest BCUT2D eigenvalue weighted by Gasteiger charge is -2.44. The van der Waals surface area contributed by atoms with Crippen molar-refractivity contribution < 1.29 is 18.7 Å². The highest BCUT2D eigenvalue weighted by Crippen LogP contribution is 2.47. The number of nitrogens with zero attached hydrogens (tertiary/aromatic N) is 1. The summed E-state index contributed by atoms with van der Waals surface area (Å²) in [6, 6.07) is 5.07. The molecule has 1 saturated heterocycles. The number of halogens is 1. The minimum Gasteiger partial charge on any atom is -0.465 e. The van der Waals surface area contributed by atoms with Gasteiger partial charge < -0.3 is 4.74 Å². The van der Waals surface area contributed by atoms with Crippen molar-refractivity contribution in [2.75, 3.05) is 20.2 Å². The predicted molar refractivity (Wildman–Crippen MR) is 78.8 cm³/mol. The molecule has 0 amide bonds. The van der Waals surface area contributed by atoms with Gasteiger partial charge in [0.2, 0.25) is 0 Å². The second-order valence-electron chi connectivity index (χ2n) is 6.13. The van der Waals surface area contributed by atoms with E-state index in [1.807, 2.05) is 18.0 Å². The van der Waals surface area contributed by atoms with Gasteiger partial charge in [-0.25, -0.2) is 4.39 Å². The number of hydrogen-bond acceptors (Lipinski definition) is 4. The van der Waals surface area contributed by atoms with Crippen molar-refractivity contribution in [2.24, 2.45) is 5.92 Å². The van der Waals surface area contributed by atoms with Crippen LogP contribution in [0.4, 0.5) is 4.39 Å². The normalized spacial score (nSPS) is 28.0. The number of benzene rings is 1. The zero-order valence-corrected chi connectivity index (χ0v) is 12.9. The van der Waals surface area contributed by atoms with Crippen LogP contribution in [0.1, 0.15) is 30.9 Å². The molecule has 2 unspecified atom stereocenters. The molecule has 1 spiro atoms. The van der Waals surface area contributed by atoms with Gasteiger partial charge in [0.15, 0.2) is 5.78 Å². The summed E-state index contributed by atoms with van der Waals surface area (Å²) in [6.45, 7) is 2.26. The van der Waals surface area contributed by atoms with E-state index in [0.717, 1.165) is 12.0 Å². The van der Waals surface area contributed by atoms with Crippen molar-refractivity contribution >= 4 is 11.8 Å². The van der Waals surface area contributed by atoms with E-state index in [4.69, 9.17) is 4.74 Å². The number of rotatable bonds is 2. The van der Waals surface area contributed by atoms with E-state index in [2.05, 4.69) is 0 Å². The Morgan fingerprint density at radius 1 is 1.50 bits per heavy atom. The third-order valence-electron chi connectivity index (χ3n) is 4.99. The van der Waals surface area contributed by atoms with Crippen LogP contribution in [0.15, 0.2) is 18.2 Å². The molecule has 2 atom stereocenters. The number of ketones is 1. The van der Waals surface area contributed by atoms with Crippen molar-refractivity contribution in [1.29, 1.82) is 0 Å². The molecule has 1 fully saturated rings. The molecule has 1 aliphatic heterocycles. The zero-order valence-electron chi connectivity index (χ0n) is 12.9. The molecular formula is C17H20FNO3. The second-order valence-corrected chi connectivity index (χ2v) is 6.13. The highest BCUT2D eigenvalue weighted by atomic mass is 19.1. The first-order chi connectivity index (χ1) is 10.5. The van der Waals surface area contributed by atoms with E-state index < -0.39 is 17.4 Å². The van der Waals surface area contributed by atoms with E-state index in [9.17, 15) is 14.0 Å². The molecule has 3 rings (SSSR count). The molecule has 0 bridgehead atoms. The summed E-state index contributed by atoms with van der Waals surface area (Å²) < 4.78 is 19.4. The maximum Gasteiger partial charge on any atom is 0.317 e. The summed E-state index contributed by atoms with van der Waals surface area (Å²) in [6.07, 6.45) is 1.64. The van der Waals surface area contributed by atoms with E-state index in [-0.39, 0.29) is 31.2 Å². The maximum absolute atomic E-state index is 14.4. The molecule has 118 valence electrons. The van der Waals surface area contributed by atoms with Gasteiger partial charge in [-0.05, 0) is 38.4 Å². The van der Waals surface area contributed by atoms with Crippen LogP contribution in [0.25, 0.3) is 0 Å². The van der Waals surface area contributed by atoms with Crippen molar-refractivity contribution in [3.8, 4) is 0 Å². The molecule has 0 aromatic heterocycles. The number of aryl methyl sites for hydroxylation is 1. The van der Waals surface area contributed by atoms with Gasteiger partial charge in [-0.2, -0.15) is 0 Å². The Morgan fingerprint density at radius 2 is 2.27 bits per heavy atom. The van der Waals surface area contributed by atoms with E-state index in [1.54, 1.807) is 13.0 Å². The zero-order chi connectivity index (χ0) is 15.9. The van der Waals surface area contributed by atoms with Gasteiger partial charge in [0, 0.05) is 18.5 Å². The van der Waals surface area contributed by atoms with E-state index in [0.29, 0.717) is 12.0 Å². The van der Waals surface area contributed by atoms with Gasteiger partial charge in [-0.3, -0.25) is 14.5 Å². The first-order valence-electron chi connectivity index (χ1n) is 7.68. The molecule has 5 heteroatoms. The third kappa shape index (κ3) is 2.15. The molecule has 4 nitrogen and oxygen atoms in total. The van der Waals surface area contributed by atoms with Gasteiger partial charge in [-0.15, -0.1) is 0 Å². The molecule has 1 aromatic rings. The average Bonchev–Trinajstić information content (AvgIpc) is 2.84. The Hall–Kier alpha value is -1.75. The van der Waals surface area contributed by atoms with Crippen LogP contribution in [0.3, 0.4) is 0 Å². The van der Waals surface area contributed by atoms with Crippen LogP contribution in [0.2, 0.25) is 0 Å². The highest BCUT2D eigenvalue weighted by Gasteiger charge is 2.51. The van der Waals surface area contributed by atoms with Crippen LogP contribution in [0, 0.1) is 11.7 Å². The first kappa shape index (κ1) is 15.2. The molecule has 1 aliphatic carbocycles.